The molecule has 2 aromatic rings. The van der Waals surface area contributed by atoms with Gasteiger partial charge < -0.3 is 9.64 Å². The van der Waals surface area contributed by atoms with Crippen molar-refractivity contribution in [1.82, 2.24) is 0 Å². The molecule has 1 aliphatic heterocycles. The Balaban J connectivity index is 2.01. The van der Waals surface area contributed by atoms with Crippen LogP contribution in [0.15, 0.2) is 65.3 Å². The van der Waals surface area contributed by atoms with Gasteiger partial charge in [0, 0.05) is 17.2 Å². The molecule has 4 nitrogen and oxygen atoms in total. The molecule has 1 unspecified atom stereocenters. The molecule has 0 N–H and O–H groups in total. The number of ether oxygens (including phenoxy) is 1. The minimum atomic E-state index is -0.851. The first-order chi connectivity index (χ1) is 13.2. The molecule has 3 rings (SSSR count). The second kappa shape index (κ2) is 7.55. The van der Waals surface area contributed by atoms with Gasteiger partial charge in [0.2, 0.25) is 5.91 Å². The van der Waals surface area contributed by atoms with Gasteiger partial charge in [-0.25, -0.2) is 0 Å². The van der Waals surface area contributed by atoms with Crippen molar-refractivity contribution < 1.29 is 14.3 Å². The van der Waals surface area contributed by atoms with E-state index in [9.17, 15) is 9.59 Å². The van der Waals surface area contributed by atoms with Crippen molar-refractivity contribution in [3.8, 4) is 0 Å². The average Bonchev–Trinajstić information content (AvgIpc) is 2.88. The number of para-hydroxylation sites is 1. The molecule has 0 aromatic heterocycles. The fourth-order valence-corrected chi connectivity index (χ4v) is 3.74. The summed E-state index contributed by atoms with van der Waals surface area (Å²) in [7, 11) is 1.80. The number of nitrogens with zero attached hydrogens (tertiary/aromatic N) is 1. The number of carbonyl (C=O) groups excluding carboxylic acids is 2. The van der Waals surface area contributed by atoms with Crippen molar-refractivity contribution in [3.05, 3.63) is 76.5 Å². The van der Waals surface area contributed by atoms with E-state index in [-0.39, 0.29) is 11.9 Å². The van der Waals surface area contributed by atoms with Crippen molar-refractivity contribution in [2.75, 3.05) is 11.9 Å². The molecule has 146 valence electrons. The third-order valence-corrected chi connectivity index (χ3v) is 5.57. The third kappa shape index (κ3) is 3.51. The van der Waals surface area contributed by atoms with Gasteiger partial charge in [0.15, 0.2) is 0 Å². The van der Waals surface area contributed by atoms with E-state index in [0.29, 0.717) is 6.42 Å². The van der Waals surface area contributed by atoms with Crippen LogP contribution in [0.4, 0.5) is 5.69 Å². The molecule has 0 spiro atoms. The smallest absolute Gasteiger partial charge is 0.316 e. The van der Waals surface area contributed by atoms with Crippen LogP contribution in [0.3, 0.4) is 0 Å². The number of fused-ring (bicyclic) bond motifs is 1. The Morgan fingerprint density at radius 2 is 1.79 bits per heavy atom. The van der Waals surface area contributed by atoms with E-state index in [1.54, 1.807) is 38.8 Å². The maximum atomic E-state index is 13.4. The number of hydrogen-bond donors (Lipinski definition) is 0. The second-order valence-corrected chi connectivity index (χ2v) is 8.94. The third-order valence-electron chi connectivity index (χ3n) is 5.04. The molecule has 0 aliphatic carbocycles. The number of likely N-dealkylation sites (N-methyl/N-ethyl adjacent to an activating group) is 1. The van der Waals surface area contributed by atoms with Gasteiger partial charge in [-0.15, -0.1) is 0 Å². The Hall–Kier alpha value is -2.40. The van der Waals surface area contributed by atoms with E-state index in [1.807, 2.05) is 48.5 Å². The number of halogens is 1. The number of rotatable bonds is 4. The molecule has 28 heavy (non-hydrogen) atoms. The first kappa shape index (κ1) is 20.3. The molecule has 1 atom stereocenters. The van der Waals surface area contributed by atoms with Gasteiger partial charge in [-0.05, 0) is 62.6 Å². The van der Waals surface area contributed by atoms with Crippen molar-refractivity contribution >= 4 is 33.5 Å². The predicted molar refractivity (Wildman–Crippen MR) is 114 cm³/mol. The first-order valence-corrected chi connectivity index (χ1v) is 9.97. The van der Waals surface area contributed by atoms with Crippen molar-refractivity contribution in [2.45, 2.75) is 32.6 Å². The lowest BCUT2D eigenvalue weighted by Crippen LogP contribution is -2.39. The molecule has 0 saturated heterocycles. The van der Waals surface area contributed by atoms with Crippen LogP contribution in [0.5, 0.6) is 0 Å². The van der Waals surface area contributed by atoms with Gasteiger partial charge >= 0.3 is 5.97 Å². The number of allylic oxidation sites excluding steroid dienone is 1. The average molecular weight is 442 g/mol. The number of hydrogen-bond acceptors (Lipinski definition) is 3. The van der Waals surface area contributed by atoms with E-state index in [1.165, 1.54) is 6.26 Å². The van der Waals surface area contributed by atoms with Gasteiger partial charge in [-0.1, -0.05) is 46.3 Å². The summed E-state index contributed by atoms with van der Waals surface area (Å²) in [5.74, 6) is -0.306. The van der Waals surface area contributed by atoms with Crippen LogP contribution in [0.1, 0.15) is 38.3 Å². The fraction of sp³-hybridized carbons (Fsp3) is 0.304. The maximum Gasteiger partial charge on any atom is 0.316 e. The highest BCUT2D eigenvalue weighted by Gasteiger charge is 2.50. The summed E-state index contributed by atoms with van der Waals surface area (Å²) in [4.78, 5) is 27.1. The Labute approximate surface area is 174 Å². The summed E-state index contributed by atoms with van der Waals surface area (Å²) in [6, 6.07) is 15.6. The molecule has 5 heteroatoms. The fourth-order valence-electron chi connectivity index (χ4n) is 3.48. The lowest BCUT2D eigenvalue weighted by Gasteiger charge is -2.28. The minimum absolute atomic E-state index is 0.00261. The van der Waals surface area contributed by atoms with Crippen LogP contribution >= 0.6 is 15.9 Å². The van der Waals surface area contributed by atoms with Crippen molar-refractivity contribution in [3.63, 3.8) is 0 Å². The Bertz CT molecular complexity index is 928. The molecule has 2 aromatic carbocycles. The van der Waals surface area contributed by atoms with E-state index >= 15 is 0 Å². The van der Waals surface area contributed by atoms with E-state index in [4.69, 9.17) is 4.74 Å². The number of esters is 1. The number of benzene rings is 2. The van der Waals surface area contributed by atoms with E-state index in [2.05, 4.69) is 15.9 Å². The SMILES string of the molecule is CN1C(=O)C(C/C=C/OC(=O)C(C)(C)C)(c2ccc(Br)cc2)c2ccccc21. The van der Waals surface area contributed by atoms with Crippen LogP contribution in [-0.2, 0) is 19.7 Å². The lowest BCUT2D eigenvalue weighted by atomic mass is 9.73. The van der Waals surface area contributed by atoms with Gasteiger partial charge in [-0.2, -0.15) is 0 Å². The topological polar surface area (TPSA) is 46.6 Å². The normalized spacial score (nSPS) is 19.2. The van der Waals surface area contributed by atoms with Crippen LogP contribution in [-0.4, -0.2) is 18.9 Å². The van der Waals surface area contributed by atoms with Crippen molar-refractivity contribution in [2.24, 2.45) is 5.41 Å². The van der Waals surface area contributed by atoms with Crippen LogP contribution in [0.25, 0.3) is 0 Å². The van der Waals surface area contributed by atoms with E-state index < -0.39 is 10.8 Å². The molecule has 1 aliphatic rings. The summed E-state index contributed by atoms with van der Waals surface area (Å²) in [6.45, 7) is 5.41. The largest absolute Gasteiger partial charge is 0.434 e. The summed E-state index contributed by atoms with van der Waals surface area (Å²) >= 11 is 3.46. The summed E-state index contributed by atoms with van der Waals surface area (Å²) < 4.78 is 6.22. The number of carbonyl (C=O) groups is 2. The number of anilines is 1. The molecular formula is C23H24BrNO3. The molecule has 0 bridgehead atoms. The Kier molecular flexibility index (Phi) is 5.48. The van der Waals surface area contributed by atoms with Gasteiger partial charge in [0.05, 0.1) is 11.7 Å². The molecular weight excluding hydrogens is 418 g/mol. The van der Waals surface area contributed by atoms with Gasteiger partial charge in [0.25, 0.3) is 0 Å². The summed E-state index contributed by atoms with van der Waals surface area (Å²) in [5.41, 5.74) is 1.33. The van der Waals surface area contributed by atoms with Crippen LogP contribution in [0, 0.1) is 5.41 Å². The lowest BCUT2D eigenvalue weighted by molar-refractivity contribution is -0.146. The second-order valence-electron chi connectivity index (χ2n) is 8.02. The van der Waals surface area contributed by atoms with Crippen LogP contribution < -0.4 is 4.90 Å². The standard InChI is InChI=1S/C23H24BrNO3/c1-22(2,3)21(27)28-15-7-14-23(16-10-12-17(24)13-11-16)18-8-5-6-9-19(18)25(4)20(23)26/h5-13,15H,14H2,1-4H3/b15-7+. The minimum Gasteiger partial charge on any atom is -0.434 e. The van der Waals surface area contributed by atoms with Crippen LogP contribution in [0.2, 0.25) is 0 Å². The first-order valence-electron chi connectivity index (χ1n) is 9.18. The van der Waals surface area contributed by atoms with E-state index in [0.717, 1.165) is 21.3 Å². The molecule has 0 radical (unpaired) electrons. The molecule has 1 amide bonds. The summed E-state index contributed by atoms with van der Waals surface area (Å²) in [5, 5.41) is 0. The quantitative estimate of drug-likeness (QED) is 0.483. The highest BCUT2D eigenvalue weighted by Crippen LogP contribution is 2.48. The zero-order valence-corrected chi connectivity index (χ0v) is 18.1. The monoisotopic (exact) mass is 441 g/mol. The van der Waals surface area contributed by atoms with Gasteiger partial charge in [-0.3, -0.25) is 9.59 Å². The Morgan fingerprint density at radius 3 is 2.43 bits per heavy atom. The zero-order valence-electron chi connectivity index (χ0n) is 16.5. The highest BCUT2D eigenvalue weighted by molar-refractivity contribution is 9.10. The Morgan fingerprint density at radius 1 is 1.14 bits per heavy atom. The summed E-state index contributed by atoms with van der Waals surface area (Å²) in [6.07, 6.45) is 3.56. The maximum absolute atomic E-state index is 13.4. The van der Waals surface area contributed by atoms with Gasteiger partial charge in [0.1, 0.15) is 5.41 Å². The van der Waals surface area contributed by atoms with Crippen molar-refractivity contribution in [1.29, 1.82) is 0 Å². The zero-order chi connectivity index (χ0) is 20.5. The predicted octanol–water partition coefficient (Wildman–Crippen LogP) is 5.20. The number of amides is 1. The molecule has 0 fully saturated rings. The highest BCUT2D eigenvalue weighted by atomic mass is 79.9. The molecule has 0 saturated carbocycles. The molecule has 1 heterocycles.